The third-order valence-electron chi connectivity index (χ3n) is 2.36. The largest absolute Gasteiger partial charge is 0.174 e. The van der Waals surface area contributed by atoms with Gasteiger partial charge in [-0.2, -0.15) is 0 Å². The van der Waals surface area contributed by atoms with E-state index in [-0.39, 0.29) is 0 Å². The molecule has 1 aromatic carbocycles. The molecule has 0 aliphatic rings. The van der Waals surface area contributed by atoms with Crippen molar-refractivity contribution in [1.29, 1.82) is 0 Å². The van der Waals surface area contributed by atoms with Crippen molar-refractivity contribution < 1.29 is 0 Å². The molecule has 0 aliphatic carbocycles. The number of nitrogens with zero attached hydrogens (tertiary/aromatic N) is 2. The molecule has 0 bridgehead atoms. The van der Waals surface area contributed by atoms with E-state index in [0.717, 1.165) is 15.1 Å². The second-order valence-electron chi connectivity index (χ2n) is 3.81. The lowest BCUT2D eigenvalue weighted by Gasteiger charge is -2.05. The van der Waals surface area contributed by atoms with Crippen LogP contribution in [0.25, 0.3) is 0 Å². The van der Waals surface area contributed by atoms with Gasteiger partial charge in [-0.05, 0) is 31.9 Å². The first-order valence-corrected chi connectivity index (χ1v) is 6.94. The molecule has 0 spiro atoms. The molecule has 0 unspecified atom stereocenters. The van der Waals surface area contributed by atoms with Crippen LogP contribution in [-0.2, 0) is 5.75 Å². The Labute approximate surface area is 104 Å². The second-order valence-corrected chi connectivity index (χ2v) is 6.21. The van der Waals surface area contributed by atoms with Crippen molar-refractivity contribution in [2.75, 3.05) is 0 Å². The van der Waals surface area contributed by atoms with Crippen molar-refractivity contribution in [2.45, 2.75) is 30.9 Å². The Balaban J connectivity index is 2.07. The Morgan fingerprint density at radius 2 is 2.00 bits per heavy atom. The average Bonchev–Trinajstić information content (AvgIpc) is 2.66. The van der Waals surface area contributed by atoms with Crippen molar-refractivity contribution in [3.05, 3.63) is 39.9 Å². The van der Waals surface area contributed by atoms with E-state index in [2.05, 4.69) is 42.2 Å². The maximum absolute atomic E-state index is 4.11. The first-order chi connectivity index (χ1) is 7.65. The molecule has 84 valence electrons. The Kier molecular flexibility index (Phi) is 3.61. The van der Waals surface area contributed by atoms with Gasteiger partial charge < -0.3 is 0 Å². The van der Waals surface area contributed by atoms with Crippen LogP contribution in [-0.4, -0.2) is 10.2 Å². The first-order valence-electron chi connectivity index (χ1n) is 5.14. The van der Waals surface area contributed by atoms with Crippen molar-refractivity contribution in [2.24, 2.45) is 0 Å². The molecule has 1 aromatic heterocycles. The molecule has 2 aromatic rings. The van der Waals surface area contributed by atoms with E-state index in [4.69, 9.17) is 0 Å². The predicted octanol–water partition coefficient (Wildman–Crippen LogP) is 3.76. The van der Waals surface area contributed by atoms with E-state index in [1.54, 1.807) is 23.1 Å². The highest BCUT2D eigenvalue weighted by Gasteiger charge is 2.04. The normalized spacial score (nSPS) is 10.7. The van der Waals surface area contributed by atoms with Gasteiger partial charge in [0.05, 0.1) is 0 Å². The van der Waals surface area contributed by atoms with Crippen LogP contribution >= 0.6 is 23.1 Å². The first kappa shape index (κ1) is 11.6. The highest BCUT2D eigenvalue weighted by atomic mass is 32.2. The van der Waals surface area contributed by atoms with Gasteiger partial charge in [0.2, 0.25) is 0 Å². The summed E-state index contributed by atoms with van der Waals surface area (Å²) < 4.78 is 1.05. The van der Waals surface area contributed by atoms with Crippen LogP contribution in [0.1, 0.15) is 21.7 Å². The highest BCUT2D eigenvalue weighted by molar-refractivity contribution is 8.00. The quantitative estimate of drug-likeness (QED) is 0.776. The number of hydrogen-bond donors (Lipinski definition) is 0. The minimum Gasteiger partial charge on any atom is -0.143 e. The lowest BCUT2D eigenvalue weighted by atomic mass is 10.1. The number of hydrogen-bond acceptors (Lipinski definition) is 4. The molecule has 0 aliphatic heterocycles. The molecule has 0 N–H and O–H groups in total. The zero-order valence-electron chi connectivity index (χ0n) is 9.65. The molecule has 2 nitrogen and oxygen atoms in total. The molecule has 0 amide bonds. The topological polar surface area (TPSA) is 25.8 Å². The van der Waals surface area contributed by atoms with Crippen LogP contribution < -0.4 is 0 Å². The van der Waals surface area contributed by atoms with E-state index in [1.165, 1.54) is 16.7 Å². The molecular formula is C12H14N2S2. The molecule has 0 atom stereocenters. The number of aromatic nitrogens is 2. The van der Waals surface area contributed by atoms with Gasteiger partial charge in [-0.15, -0.1) is 10.2 Å². The molecular weight excluding hydrogens is 236 g/mol. The molecule has 0 radical (unpaired) electrons. The Hall–Kier alpha value is -0.870. The lowest BCUT2D eigenvalue weighted by molar-refractivity contribution is 0.983. The van der Waals surface area contributed by atoms with Crippen molar-refractivity contribution in [1.82, 2.24) is 10.2 Å². The zero-order chi connectivity index (χ0) is 11.5. The minimum absolute atomic E-state index is 0.974. The maximum Gasteiger partial charge on any atom is 0.174 e. The second kappa shape index (κ2) is 4.97. The van der Waals surface area contributed by atoms with Gasteiger partial charge in [0.25, 0.3) is 0 Å². The maximum atomic E-state index is 4.11. The van der Waals surface area contributed by atoms with E-state index in [9.17, 15) is 0 Å². The van der Waals surface area contributed by atoms with Crippen molar-refractivity contribution in [3.8, 4) is 0 Å². The van der Waals surface area contributed by atoms with E-state index >= 15 is 0 Å². The van der Waals surface area contributed by atoms with Crippen LogP contribution in [0.4, 0.5) is 0 Å². The molecule has 0 saturated carbocycles. The van der Waals surface area contributed by atoms with Gasteiger partial charge >= 0.3 is 0 Å². The van der Waals surface area contributed by atoms with Crippen molar-refractivity contribution in [3.63, 3.8) is 0 Å². The molecule has 2 rings (SSSR count). The summed E-state index contributed by atoms with van der Waals surface area (Å²) in [6.07, 6.45) is 0. The summed E-state index contributed by atoms with van der Waals surface area (Å²) in [5.74, 6) is 0.974. The minimum atomic E-state index is 0.974. The summed E-state index contributed by atoms with van der Waals surface area (Å²) in [5, 5.41) is 9.16. The summed E-state index contributed by atoms with van der Waals surface area (Å²) in [6, 6.07) is 6.57. The van der Waals surface area contributed by atoms with Gasteiger partial charge in [0, 0.05) is 5.75 Å². The summed E-state index contributed by atoms with van der Waals surface area (Å²) in [6.45, 7) is 6.27. The SMILES string of the molecule is Cc1ccc(C)c(CSc2nnc(C)s2)c1. The molecule has 0 saturated heterocycles. The monoisotopic (exact) mass is 250 g/mol. The summed E-state index contributed by atoms with van der Waals surface area (Å²) >= 11 is 3.42. The number of thioether (sulfide) groups is 1. The summed E-state index contributed by atoms with van der Waals surface area (Å²) in [7, 11) is 0. The van der Waals surface area contributed by atoms with Crippen molar-refractivity contribution >= 4 is 23.1 Å². The van der Waals surface area contributed by atoms with Gasteiger partial charge in [0.1, 0.15) is 5.01 Å². The summed E-state index contributed by atoms with van der Waals surface area (Å²) in [5.41, 5.74) is 4.05. The van der Waals surface area contributed by atoms with Gasteiger partial charge in [0.15, 0.2) is 4.34 Å². The predicted molar refractivity (Wildman–Crippen MR) is 70.1 cm³/mol. The van der Waals surface area contributed by atoms with Crippen LogP contribution in [0, 0.1) is 20.8 Å². The molecule has 4 heteroatoms. The fourth-order valence-corrected chi connectivity index (χ4v) is 3.31. The number of benzene rings is 1. The van der Waals surface area contributed by atoms with E-state index in [1.807, 2.05) is 6.92 Å². The Morgan fingerprint density at radius 3 is 2.69 bits per heavy atom. The van der Waals surface area contributed by atoms with Gasteiger partial charge in [-0.3, -0.25) is 0 Å². The van der Waals surface area contributed by atoms with Gasteiger partial charge in [-0.1, -0.05) is 46.9 Å². The number of rotatable bonds is 3. The fraction of sp³-hybridized carbons (Fsp3) is 0.333. The van der Waals surface area contributed by atoms with Crippen LogP contribution in [0.2, 0.25) is 0 Å². The number of aryl methyl sites for hydroxylation is 3. The highest BCUT2D eigenvalue weighted by Crippen LogP contribution is 2.27. The molecule has 0 fully saturated rings. The van der Waals surface area contributed by atoms with Crippen LogP contribution in [0.3, 0.4) is 0 Å². The van der Waals surface area contributed by atoms with Gasteiger partial charge in [-0.25, -0.2) is 0 Å². The van der Waals surface area contributed by atoms with E-state index < -0.39 is 0 Å². The standard InChI is InChI=1S/C12H14N2S2/c1-8-4-5-9(2)11(6-8)7-15-12-14-13-10(3)16-12/h4-6H,7H2,1-3H3. The lowest BCUT2D eigenvalue weighted by Crippen LogP contribution is -1.87. The average molecular weight is 250 g/mol. The Bertz CT molecular complexity index is 492. The van der Waals surface area contributed by atoms with Crippen LogP contribution in [0.5, 0.6) is 0 Å². The third-order valence-corrected chi connectivity index (χ3v) is 4.38. The smallest absolute Gasteiger partial charge is 0.143 e. The molecule has 16 heavy (non-hydrogen) atoms. The third kappa shape index (κ3) is 2.83. The van der Waals surface area contributed by atoms with E-state index in [0.29, 0.717) is 0 Å². The van der Waals surface area contributed by atoms with Crippen LogP contribution in [0.15, 0.2) is 22.5 Å². The summed E-state index contributed by atoms with van der Waals surface area (Å²) in [4.78, 5) is 0. The fourth-order valence-electron chi connectivity index (χ4n) is 1.43. The Morgan fingerprint density at radius 1 is 1.19 bits per heavy atom. The zero-order valence-corrected chi connectivity index (χ0v) is 11.3. The molecule has 1 heterocycles.